The number of unbranched alkanes of at least 4 members (excludes halogenated alkanes) is 8. The van der Waals surface area contributed by atoms with Crippen molar-refractivity contribution in [2.24, 2.45) is 5.73 Å². The lowest BCUT2D eigenvalue weighted by Crippen LogP contribution is -2.62. The Morgan fingerprint density at radius 1 is 0.394 bits per heavy atom. The molecule has 0 amide bonds. The summed E-state index contributed by atoms with van der Waals surface area (Å²) < 4.78 is 0. The first-order valence-electron chi connectivity index (χ1n) is 15.1. The molecular formula is C30H67NSi2. The third-order valence-electron chi connectivity index (χ3n) is 9.90. The molecule has 0 saturated carbocycles. The van der Waals surface area contributed by atoms with E-state index >= 15 is 0 Å². The van der Waals surface area contributed by atoms with Gasteiger partial charge in [0.15, 0.2) is 0 Å². The zero-order chi connectivity index (χ0) is 25.8. The molecule has 0 aliphatic rings. The predicted molar refractivity (Wildman–Crippen MR) is 161 cm³/mol. The van der Waals surface area contributed by atoms with E-state index in [4.69, 9.17) is 5.73 Å². The second kappa shape index (κ2) is 16.2. The van der Waals surface area contributed by atoms with Crippen LogP contribution < -0.4 is 5.73 Å². The molecule has 0 aromatic carbocycles. The zero-order valence-electron chi connectivity index (χ0n) is 25.4. The minimum Gasteiger partial charge on any atom is -0.330 e. The van der Waals surface area contributed by atoms with Crippen LogP contribution in [0.2, 0.25) is 38.4 Å². The van der Waals surface area contributed by atoms with E-state index < -0.39 is 16.1 Å². The third-order valence-corrected chi connectivity index (χ3v) is 27.9. The highest BCUT2D eigenvalue weighted by Gasteiger charge is 2.59. The summed E-state index contributed by atoms with van der Waals surface area (Å²) in [7, 11) is -3.05. The Kier molecular flexibility index (Phi) is 16.4. The van der Waals surface area contributed by atoms with E-state index in [-0.39, 0.29) is 0 Å². The molecular weight excluding hydrogens is 431 g/mol. The molecule has 0 saturated heterocycles. The van der Waals surface area contributed by atoms with Crippen LogP contribution in [0.1, 0.15) is 147 Å². The maximum atomic E-state index is 5.63. The molecule has 0 heterocycles. The minimum atomic E-state index is -1.52. The monoisotopic (exact) mass is 497 g/mol. The standard InChI is InChI=1S/C30H67NSi2/c1-24(2)32(25(3)4,26(5)6)30(33(27(7)8,28(9)10)29(11)12)22-20-18-16-14-13-15-17-19-21-23-31/h24-30H,13-23,31H2,1-12H3. The van der Waals surface area contributed by atoms with E-state index in [1.165, 1.54) is 64.2 Å². The summed E-state index contributed by atoms with van der Waals surface area (Å²) in [5.74, 6) is 0. The molecule has 0 rings (SSSR count). The van der Waals surface area contributed by atoms with Gasteiger partial charge in [-0.05, 0) is 18.1 Å². The van der Waals surface area contributed by atoms with E-state index in [1.54, 1.807) is 0 Å². The molecule has 1 nitrogen and oxygen atoms in total. The van der Waals surface area contributed by atoms with Crippen LogP contribution in [0.4, 0.5) is 0 Å². The molecule has 2 N–H and O–H groups in total. The molecule has 0 aliphatic carbocycles. The van der Waals surface area contributed by atoms with Gasteiger partial charge in [0.25, 0.3) is 0 Å². The summed E-state index contributed by atoms with van der Waals surface area (Å²) in [5, 5.41) is 1.04. The lowest BCUT2D eigenvalue weighted by atomic mass is 10.1. The Balaban J connectivity index is 5.71. The van der Waals surface area contributed by atoms with Crippen molar-refractivity contribution < 1.29 is 0 Å². The summed E-state index contributed by atoms with van der Waals surface area (Å²) in [6.45, 7) is 32.2. The SMILES string of the molecule is CC(C)[Si](C(C)C)(C(C)C)C(CCCCCCCCCCCN)[Si](C(C)C)(C(C)C)C(C)C. The van der Waals surface area contributed by atoms with Gasteiger partial charge in [-0.25, -0.2) is 0 Å². The highest BCUT2D eigenvalue weighted by Crippen LogP contribution is 2.61. The first-order chi connectivity index (χ1) is 15.4. The summed E-state index contributed by atoms with van der Waals surface area (Å²) in [5.41, 5.74) is 10.9. The van der Waals surface area contributed by atoms with Crippen LogP contribution >= 0.6 is 0 Å². The normalized spacial score (nSPS) is 13.8. The first-order valence-corrected chi connectivity index (χ1v) is 19.7. The second-order valence-electron chi connectivity index (χ2n) is 13.2. The van der Waals surface area contributed by atoms with Crippen molar-refractivity contribution in [3.8, 4) is 0 Å². The highest BCUT2D eigenvalue weighted by molar-refractivity contribution is 7.02. The summed E-state index contributed by atoms with van der Waals surface area (Å²) >= 11 is 0. The summed E-state index contributed by atoms with van der Waals surface area (Å²) in [4.78, 5) is 0. The number of rotatable bonds is 19. The van der Waals surface area contributed by atoms with E-state index in [2.05, 4.69) is 83.1 Å². The van der Waals surface area contributed by atoms with E-state index in [0.29, 0.717) is 0 Å². The van der Waals surface area contributed by atoms with E-state index in [9.17, 15) is 0 Å². The average Bonchev–Trinajstić information content (AvgIpc) is 2.68. The smallest absolute Gasteiger partial charge is 0.0617 e. The second-order valence-corrected chi connectivity index (χ2v) is 26.1. The molecule has 0 unspecified atom stereocenters. The Labute approximate surface area is 213 Å². The van der Waals surface area contributed by atoms with Crippen molar-refractivity contribution in [1.82, 2.24) is 0 Å². The molecule has 0 bridgehead atoms. The van der Waals surface area contributed by atoms with Crippen LogP contribution in [0, 0.1) is 0 Å². The van der Waals surface area contributed by atoms with Crippen LogP contribution in [-0.4, -0.2) is 22.7 Å². The average molecular weight is 498 g/mol. The third kappa shape index (κ3) is 8.20. The molecule has 3 heteroatoms. The van der Waals surface area contributed by atoms with Gasteiger partial charge in [-0.3, -0.25) is 0 Å². The van der Waals surface area contributed by atoms with Crippen molar-refractivity contribution in [3.05, 3.63) is 0 Å². The number of hydrogen-bond acceptors (Lipinski definition) is 1. The van der Waals surface area contributed by atoms with Gasteiger partial charge in [0, 0.05) is 0 Å². The first kappa shape index (κ1) is 33.4. The maximum Gasteiger partial charge on any atom is 0.0617 e. The van der Waals surface area contributed by atoms with Gasteiger partial charge in [0.2, 0.25) is 0 Å². The predicted octanol–water partition coefficient (Wildman–Crippen LogP) is 11.1. The Morgan fingerprint density at radius 2 is 0.636 bits per heavy atom. The van der Waals surface area contributed by atoms with Crippen molar-refractivity contribution in [2.45, 2.75) is 186 Å². The van der Waals surface area contributed by atoms with Gasteiger partial charge >= 0.3 is 0 Å². The molecule has 0 aromatic heterocycles. The fourth-order valence-electron chi connectivity index (χ4n) is 9.08. The quantitative estimate of drug-likeness (QED) is 0.139. The fourth-order valence-corrected chi connectivity index (χ4v) is 32.8. The van der Waals surface area contributed by atoms with Gasteiger partial charge in [-0.1, -0.05) is 174 Å². The number of nitrogens with two attached hydrogens (primary N) is 1. The molecule has 0 aromatic rings. The van der Waals surface area contributed by atoms with Gasteiger partial charge in [-0.15, -0.1) is 0 Å². The Bertz CT molecular complexity index is 406. The van der Waals surface area contributed by atoms with Gasteiger partial charge in [0.1, 0.15) is 0 Å². The topological polar surface area (TPSA) is 26.0 Å². The summed E-state index contributed by atoms with van der Waals surface area (Å²) in [6, 6.07) is 0. The fraction of sp³-hybridized carbons (Fsp3) is 1.00. The molecule has 0 aliphatic heterocycles. The molecule has 0 spiro atoms. The minimum absolute atomic E-state index is 0.864. The van der Waals surface area contributed by atoms with Crippen LogP contribution in [0.5, 0.6) is 0 Å². The molecule has 0 radical (unpaired) electrons. The molecule has 0 atom stereocenters. The molecule has 0 fully saturated rings. The van der Waals surface area contributed by atoms with Crippen LogP contribution in [0.3, 0.4) is 0 Å². The maximum absolute atomic E-state index is 5.63. The molecule has 33 heavy (non-hydrogen) atoms. The molecule has 200 valence electrons. The Morgan fingerprint density at radius 3 is 0.879 bits per heavy atom. The lowest BCUT2D eigenvalue weighted by Gasteiger charge is -2.60. The van der Waals surface area contributed by atoms with Crippen molar-refractivity contribution in [2.75, 3.05) is 6.54 Å². The van der Waals surface area contributed by atoms with Crippen LogP contribution in [0.25, 0.3) is 0 Å². The van der Waals surface area contributed by atoms with Crippen LogP contribution in [0.15, 0.2) is 0 Å². The largest absolute Gasteiger partial charge is 0.330 e. The highest BCUT2D eigenvalue weighted by atomic mass is 28.4. The Hall–Kier alpha value is 0.394. The van der Waals surface area contributed by atoms with Gasteiger partial charge in [-0.2, -0.15) is 0 Å². The van der Waals surface area contributed by atoms with Crippen molar-refractivity contribution >= 4 is 16.1 Å². The van der Waals surface area contributed by atoms with Crippen molar-refractivity contribution in [1.29, 1.82) is 0 Å². The number of hydrogen-bond donors (Lipinski definition) is 1. The van der Waals surface area contributed by atoms with Gasteiger partial charge in [0.05, 0.1) is 16.1 Å². The summed E-state index contributed by atoms with van der Waals surface area (Å²) in [6.07, 6.45) is 14.1. The van der Waals surface area contributed by atoms with E-state index in [1.807, 2.05) is 0 Å². The van der Waals surface area contributed by atoms with Crippen LogP contribution in [-0.2, 0) is 0 Å². The lowest BCUT2D eigenvalue weighted by molar-refractivity contribution is 0.548. The zero-order valence-corrected chi connectivity index (χ0v) is 27.4. The van der Waals surface area contributed by atoms with Crippen molar-refractivity contribution in [3.63, 3.8) is 0 Å². The van der Waals surface area contributed by atoms with Gasteiger partial charge < -0.3 is 5.73 Å². The van der Waals surface area contributed by atoms with E-state index in [0.717, 1.165) is 45.0 Å².